The molecule has 0 aromatic heterocycles. The van der Waals surface area contributed by atoms with E-state index in [-0.39, 0.29) is 42.9 Å². The molecule has 2 heterocycles. The lowest BCUT2D eigenvalue weighted by Gasteiger charge is -2.55. The molecule has 2 aliphatic heterocycles. The first-order valence-electron chi connectivity index (χ1n) is 12.3. The fourth-order valence-electron chi connectivity index (χ4n) is 5.05. The van der Waals surface area contributed by atoms with Gasteiger partial charge in [0.1, 0.15) is 12.2 Å². The maximum atomic E-state index is 13.7. The van der Waals surface area contributed by atoms with Gasteiger partial charge in [0.15, 0.2) is 0 Å². The number of amides is 4. The van der Waals surface area contributed by atoms with E-state index < -0.39 is 12.2 Å². The van der Waals surface area contributed by atoms with Crippen LogP contribution in [0.25, 0.3) is 0 Å². The minimum Gasteiger partial charge on any atom is -0.333 e. The number of hydrogen-bond donors (Lipinski definition) is 1. The zero-order valence-electron chi connectivity index (χ0n) is 20.9. The summed E-state index contributed by atoms with van der Waals surface area (Å²) in [7, 11) is 1.75. The highest BCUT2D eigenvalue weighted by molar-refractivity contribution is 5.91. The van der Waals surface area contributed by atoms with Crippen molar-refractivity contribution in [1.82, 2.24) is 25.1 Å². The van der Waals surface area contributed by atoms with Crippen LogP contribution in [-0.4, -0.2) is 70.0 Å². The first kappa shape index (κ1) is 24.7. The Kier molecular flexibility index (Phi) is 7.40. The monoisotopic (exact) mass is 477 g/mol. The van der Waals surface area contributed by atoms with Gasteiger partial charge in [0.05, 0.1) is 19.1 Å². The third kappa shape index (κ3) is 5.17. The van der Waals surface area contributed by atoms with E-state index in [1.807, 2.05) is 86.3 Å². The molecule has 2 aromatic rings. The van der Waals surface area contributed by atoms with Crippen molar-refractivity contribution in [2.24, 2.45) is 5.92 Å². The van der Waals surface area contributed by atoms with Crippen molar-refractivity contribution in [3.63, 3.8) is 0 Å². The van der Waals surface area contributed by atoms with Crippen molar-refractivity contribution in [2.45, 2.75) is 52.0 Å². The number of nitrogens with one attached hydrogen (secondary N) is 1. The number of likely N-dealkylation sites (N-methyl/N-ethyl adjacent to an activating group) is 1. The molecular weight excluding hydrogens is 442 g/mol. The Morgan fingerprint density at radius 1 is 1.00 bits per heavy atom. The second kappa shape index (κ2) is 10.5. The molecule has 35 heavy (non-hydrogen) atoms. The van der Waals surface area contributed by atoms with Gasteiger partial charge >= 0.3 is 6.03 Å². The van der Waals surface area contributed by atoms with Crippen LogP contribution in [0.15, 0.2) is 60.7 Å². The number of fused-ring (bicyclic) bond motifs is 1. The molecule has 0 bridgehead atoms. The molecule has 2 aliphatic rings. The summed E-state index contributed by atoms with van der Waals surface area (Å²) in [6, 6.07) is 18.5. The van der Waals surface area contributed by atoms with E-state index in [1.165, 1.54) is 0 Å². The molecule has 0 saturated carbocycles. The Hall–Kier alpha value is -3.39. The zero-order valence-corrected chi connectivity index (χ0v) is 20.9. The second-order valence-electron chi connectivity index (χ2n) is 9.81. The van der Waals surface area contributed by atoms with E-state index in [2.05, 4.69) is 5.32 Å². The number of urea groups is 1. The molecule has 3 atom stereocenters. The number of hydrazine groups is 1. The average molecular weight is 478 g/mol. The summed E-state index contributed by atoms with van der Waals surface area (Å²) in [4.78, 5) is 43.9. The lowest BCUT2D eigenvalue weighted by molar-refractivity contribution is -0.190. The molecule has 8 nitrogen and oxygen atoms in total. The molecule has 4 rings (SSSR count). The fourth-order valence-corrected chi connectivity index (χ4v) is 5.05. The minimum absolute atomic E-state index is 0.0470. The van der Waals surface area contributed by atoms with Crippen molar-refractivity contribution in [2.75, 3.05) is 20.1 Å². The van der Waals surface area contributed by atoms with Crippen LogP contribution in [0.3, 0.4) is 0 Å². The third-order valence-electron chi connectivity index (χ3n) is 6.83. The Morgan fingerprint density at radius 3 is 2.26 bits per heavy atom. The van der Waals surface area contributed by atoms with E-state index in [4.69, 9.17) is 0 Å². The number of nitrogens with zero attached hydrogens (tertiary/aromatic N) is 4. The molecule has 8 heteroatoms. The smallest absolute Gasteiger partial charge is 0.333 e. The predicted octanol–water partition coefficient (Wildman–Crippen LogP) is 3.23. The van der Waals surface area contributed by atoms with Crippen molar-refractivity contribution < 1.29 is 14.4 Å². The number of carbonyl (C=O) groups is 3. The van der Waals surface area contributed by atoms with E-state index >= 15 is 0 Å². The summed E-state index contributed by atoms with van der Waals surface area (Å²) >= 11 is 0. The van der Waals surface area contributed by atoms with Gasteiger partial charge in [-0.05, 0) is 30.4 Å². The topological polar surface area (TPSA) is 76.2 Å². The summed E-state index contributed by atoms with van der Waals surface area (Å²) < 4.78 is 0. The molecule has 0 spiro atoms. The Balaban J connectivity index is 1.64. The van der Waals surface area contributed by atoms with E-state index in [1.54, 1.807) is 22.0 Å². The average Bonchev–Trinajstić information content (AvgIpc) is 2.84. The van der Waals surface area contributed by atoms with E-state index in [9.17, 15) is 14.4 Å². The van der Waals surface area contributed by atoms with Crippen molar-refractivity contribution in [1.29, 1.82) is 0 Å². The second-order valence-corrected chi connectivity index (χ2v) is 9.81. The van der Waals surface area contributed by atoms with E-state index in [0.717, 1.165) is 11.1 Å². The highest BCUT2D eigenvalue weighted by Gasteiger charge is 2.51. The van der Waals surface area contributed by atoms with Gasteiger partial charge in [0, 0.05) is 13.6 Å². The lowest BCUT2D eigenvalue weighted by atomic mass is 9.95. The highest BCUT2D eigenvalue weighted by Crippen LogP contribution is 2.33. The van der Waals surface area contributed by atoms with Gasteiger partial charge in [0.2, 0.25) is 11.8 Å². The fraction of sp³-hybridized carbons (Fsp3) is 0.444. The van der Waals surface area contributed by atoms with Gasteiger partial charge in [-0.2, -0.15) is 0 Å². The number of benzene rings is 2. The van der Waals surface area contributed by atoms with Crippen molar-refractivity contribution >= 4 is 17.8 Å². The minimum atomic E-state index is -0.606. The summed E-state index contributed by atoms with van der Waals surface area (Å²) in [5, 5.41) is 6.26. The van der Waals surface area contributed by atoms with Crippen LogP contribution in [0.2, 0.25) is 0 Å². The van der Waals surface area contributed by atoms with Gasteiger partial charge < -0.3 is 15.1 Å². The molecule has 0 aliphatic carbocycles. The summed E-state index contributed by atoms with van der Waals surface area (Å²) in [6.45, 7) is 6.77. The maximum absolute atomic E-state index is 13.7. The van der Waals surface area contributed by atoms with Gasteiger partial charge in [0.25, 0.3) is 0 Å². The number of piperazine rings is 1. The number of rotatable bonds is 6. The SMILES string of the molecule is CC(C)C[C@H]1C(=O)N(C(C)c2ccccc2)C[C@H]2N1C(=O)CN(C)N2C(=O)NCc1ccccc1. The molecule has 2 fully saturated rings. The third-order valence-corrected chi connectivity index (χ3v) is 6.83. The molecule has 0 radical (unpaired) electrons. The quantitative estimate of drug-likeness (QED) is 0.693. The van der Waals surface area contributed by atoms with Gasteiger partial charge in [-0.3, -0.25) is 9.59 Å². The molecule has 2 aromatic carbocycles. The van der Waals surface area contributed by atoms with Crippen LogP contribution in [0.5, 0.6) is 0 Å². The van der Waals surface area contributed by atoms with Crippen LogP contribution >= 0.6 is 0 Å². The summed E-state index contributed by atoms with van der Waals surface area (Å²) in [5.74, 6) is 0.0221. The molecular formula is C27H35N5O3. The zero-order chi connectivity index (χ0) is 25.1. The molecule has 186 valence electrons. The van der Waals surface area contributed by atoms with E-state index in [0.29, 0.717) is 13.0 Å². The first-order chi connectivity index (χ1) is 16.8. The van der Waals surface area contributed by atoms with Crippen LogP contribution < -0.4 is 5.32 Å². The Morgan fingerprint density at radius 2 is 1.63 bits per heavy atom. The maximum Gasteiger partial charge on any atom is 0.334 e. The normalized spacial score (nSPS) is 21.8. The lowest BCUT2D eigenvalue weighted by Crippen LogP contribution is -2.76. The highest BCUT2D eigenvalue weighted by atomic mass is 16.2. The molecule has 1 unspecified atom stereocenters. The van der Waals surface area contributed by atoms with Crippen LogP contribution in [-0.2, 0) is 16.1 Å². The van der Waals surface area contributed by atoms with Crippen LogP contribution in [0.1, 0.15) is 44.4 Å². The predicted molar refractivity (Wildman–Crippen MR) is 134 cm³/mol. The summed E-state index contributed by atoms with van der Waals surface area (Å²) in [5.41, 5.74) is 2.01. The van der Waals surface area contributed by atoms with Crippen molar-refractivity contribution in [3.05, 3.63) is 71.8 Å². The largest absolute Gasteiger partial charge is 0.334 e. The first-order valence-corrected chi connectivity index (χ1v) is 12.3. The van der Waals surface area contributed by atoms with Crippen molar-refractivity contribution in [3.8, 4) is 0 Å². The Bertz CT molecular complexity index is 1050. The Labute approximate surface area is 207 Å². The molecule has 1 N–H and O–H groups in total. The van der Waals surface area contributed by atoms with Gasteiger partial charge in [-0.15, -0.1) is 0 Å². The van der Waals surface area contributed by atoms with Gasteiger partial charge in [-0.1, -0.05) is 74.5 Å². The molecule has 4 amide bonds. The number of hydrogen-bond acceptors (Lipinski definition) is 4. The van der Waals surface area contributed by atoms with Crippen LogP contribution in [0, 0.1) is 5.92 Å². The summed E-state index contributed by atoms with van der Waals surface area (Å²) in [6.07, 6.45) is -0.0351. The van der Waals surface area contributed by atoms with Gasteiger partial charge in [-0.25, -0.2) is 14.8 Å². The van der Waals surface area contributed by atoms with Crippen LogP contribution in [0.4, 0.5) is 4.79 Å². The number of carbonyl (C=O) groups excluding carboxylic acids is 3. The standard InChI is InChI=1S/C27H35N5O3/c1-19(2)15-23-26(34)30(20(3)22-13-9-6-10-14-22)17-24-31(23)25(33)18-29(4)32(24)27(35)28-16-21-11-7-5-8-12-21/h5-14,19-20,23-24H,15-18H2,1-4H3,(H,28,35)/t20?,23-,24-/m0/s1. The molecule has 2 saturated heterocycles.